The highest BCUT2D eigenvalue weighted by atomic mass is 16.5. The van der Waals surface area contributed by atoms with Crippen LogP contribution in [0.3, 0.4) is 0 Å². The first-order valence-electron chi connectivity index (χ1n) is 16.5. The molecule has 4 heterocycles. The molecule has 0 saturated carbocycles. The maximum atomic E-state index is 6.70. The molecule has 232 valence electrons. The van der Waals surface area contributed by atoms with Crippen LogP contribution in [0.5, 0.6) is 11.5 Å². The molecule has 4 aromatic carbocycles. The van der Waals surface area contributed by atoms with Gasteiger partial charge in [-0.15, -0.1) is 0 Å². The van der Waals surface area contributed by atoms with E-state index in [1.807, 2.05) is 24.5 Å². The highest BCUT2D eigenvalue weighted by molar-refractivity contribution is 6.09. The Morgan fingerprint density at radius 1 is 0.511 bits per heavy atom. The predicted molar refractivity (Wildman–Crippen MR) is 195 cm³/mol. The van der Waals surface area contributed by atoms with Crippen LogP contribution in [-0.4, -0.2) is 19.1 Å². The van der Waals surface area contributed by atoms with E-state index in [0.717, 1.165) is 67.1 Å². The zero-order valence-electron chi connectivity index (χ0n) is 27.7. The van der Waals surface area contributed by atoms with Gasteiger partial charge in [-0.1, -0.05) is 39.8 Å². The SMILES string of the molecule is Cc1cc(Oc2cc(C)cc(-n3c4ccc(C(C)C)cc4c4cccnc43)c2)cc(-n2c3ccc(C(C)C)cc3c3cccnc32)c1. The molecule has 0 aliphatic rings. The lowest BCUT2D eigenvalue weighted by Gasteiger charge is -2.15. The minimum atomic E-state index is 0.448. The van der Waals surface area contributed by atoms with Gasteiger partial charge in [-0.2, -0.15) is 0 Å². The average Bonchev–Trinajstić information content (AvgIpc) is 3.56. The largest absolute Gasteiger partial charge is 0.457 e. The lowest BCUT2D eigenvalue weighted by Crippen LogP contribution is -1.99. The van der Waals surface area contributed by atoms with E-state index in [0.29, 0.717) is 11.8 Å². The minimum absolute atomic E-state index is 0.448. The number of nitrogens with zero attached hydrogens (tertiary/aromatic N) is 4. The van der Waals surface area contributed by atoms with Gasteiger partial charge in [0.25, 0.3) is 0 Å². The van der Waals surface area contributed by atoms with Gasteiger partial charge in [-0.3, -0.25) is 9.13 Å². The summed E-state index contributed by atoms with van der Waals surface area (Å²) in [7, 11) is 0. The van der Waals surface area contributed by atoms with Crippen molar-refractivity contribution in [3.05, 3.63) is 132 Å². The van der Waals surface area contributed by atoms with Crippen LogP contribution in [-0.2, 0) is 0 Å². The van der Waals surface area contributed by atoms with Gasteiger partial charge in [0.2, 0.25) is 0 Å². The van der Waals surface area contributed by atoms with Crippen LogP contribution < -0.4 is 4.74 Å². The zero-order valence-corrected chi connectivity index (χ0v) is 27.7. The molecule has 0 spiro atoms. The molecule has 47 heavy (non-hydrogen) atoms. The lowest BCUT2D eigenvalue weighted by molar-refractivity contribution is 0.481. The molecule has 4 aromatic heterocycles. The fourth-order valence-electron chi connectivity index (χ4n) is 6.94. The van der Waals surface area contributed by atoms with Crippen molar-refractivity contribution in [2.45, 2.75) is 53.4 Å². The second kappa shape index (κ2) is 11.1. The fourth-order valence-corrected chi connectivity index (χ4v) is 6.94. The first-order chi connectivity index (χ1) is 22.7. The van der Waals surface area contributed by atoms with Gasteiger partial charge in [-0.25, -0.2) is 9.97 Å². The van der Waals surface area contributed by atoms with Crippen molar-refractivity contribution in [2.24, 2.45) is 0 Å². The number of rotatable bonds is 6. The van der Waals surface area contributed by atoms with Crippen LogP contribution in [0.1, 0.15) is 61.8 Å². The first-order valence-corrected chi connectivity index (χ1v) is 16.5. The quantitative estimate of drug-likeness (QED) is 0.187. The topological polar surface area (TPSA) is 44.9 Å². The van der Waals surface area contributed by atoms with E-state index in [1.54, 1.807) is 0 Å². The Morgan fingerprint density at radius 2 is 0.957 bits per heavy atom. The van der Waals surface area contributed by atoms with Crippen LogP contribution in [0.4, 0.5) is 0 Å². The van der Waals surface area contributed by atoms with Crippen LogP contribution in [0.25, 0.3) is 55.2 Å². The zero-order chi connectivity index (χ0) is 32.4. The van der Waals surface area contributed by atoms with Gasteiger partial charge in [0.1, 0.15) is 22.8 Å². The summed E-state index contributed by atoms with van der Waals surface area (Å²) in [5.41, 5.74) is 11.1. The summed E-state index contributed by atoms with van der Waals surface area (Å²) in [4.78, 5) is 9.68. The summed E-state index contributed by atoms with van der Waals surface area (Å²) in [6, 6.07) is 34.8. The number of ether oxygens (including phenoxy) is 1. The fraction of sp³-hybridized carbons (Fsp3) is 0.190. The summed E-state index contributed by atoms with van der Waals surface area (Å²) in [5, 5.41) is 4.73. The van der Waals surface area contributed by atoms with Crippen molar-refractivity contribution in [1.82, 2.24) is 19.1 Å². The van der Waals surface area contributed by atoms with Gasteiger partial charge in [-0.05, 0) is 121 Å². The van der Waals surface area contributed by atoms with E-state index < -0.39 is 0 Å². The summed E-state index contributed by atoms with van der Waals surface area (Å²) < 4.78 is 11.2. The second-order valence-electron chi connectivity index (χ2n) is 13.4. The smallest absolute Gasteiger partial charge is 0.145 e. The molecule has 5 heteroatoms. The minimum Gasteiger partial charge on any atom is -0.457 e. The highest BCUT2D eigenvalue weighted by Gasteiger charge is 2.18. The number of hydrogen-bond donors (Lipinski definition) is 0. The number of aryl methyl sites for hydroxylation is 2. The van der Waals surface area contributed by atoms with Crippen molar-refractivity contribution in [3.8, 4) is 22.9 Å². The van der Waals surface area contributed by atoms with Crippen LogP contribution in [0.15, 0.2) is 109 Å². The maximum Gasteiger partial charge on any atom is 0.145 e. The van der Waals surface area contributed by atoms with Crippen molar-refractivity contribution in [2.75, 3.05) is 0 Å². The van der Waals surface area contributed by atoms with Gasteiger partial charge in [0.05, 0.1) is 22.4 Å². The molecule has 0 radical (unpaired) electrons. The molecular weight excluding hydrogens is 576 g/mol. The summed E-state index contributed by atoms with van der Waals surface area (Å²) in [6.07, 6.45) is 3.74. The van der Waals surface area contributed by atoms with Crippen molar-refractivity contribution in [3.63, 3.8) is 0 Å². The number of aromatic nitrogens is 4. The molecule has 0 unspecified atom stereocenters. The Balaban J connectivity index is 1.24. The van der Waals surface area contributed by atoms with E-state index >= 15 is 0 Å². The molecule has 0 atom stereocenters. The molecule has 0 fully saturated rings. The van der Waals surface area contributed by atoms with E-state index in [9.17, 15) is 0 Å². The van der Waals surface area contributed by atoms with Crippen LogP contribution in [0, 0.1) is 13.8 Å². The third-order valence-electron chi connectivity index (χ3n) is 9.26. The number of pyridine rings is 2. The summed E-state index contributed by atoms with van der Waals surface area (Å²) >= 11 is 0. The third kappa shape index (κ3) is 4.94. The normalized spacial score (nSPS) is 12.0. The van der Waals surface area contributed by atoms with E-state index in [4.69, 9.17) is 14.7 Å². The van der Waals surface area contributed by atoms with Crippen molar-refractivity contribution >= 4 is 43.9 Å². The lowest BCUT2D eigenvalue weighted by atomic mass is 10.0. The van der Waals surface area contributed by atoms with Gasteiger partial charge in [0.15, 0.2) is 0 Å². The monoisotopic (exact) mass is 614 g/mol. The molecule has 8 aromatic rings. The number of fused-ring (bicyclic) bond motifs is 6. The Kier molecular flexibility index (Phi) is 6.87. The Morgan fingerprint density at radius 3 is 1.38 bits per heavy atom. The molecular formula is C42H38N4O. The third-order valence-corrected chi connectivity index (χ3v) is 9.26. The Labute approximate surface area is 275 Å². The predicted octanol–water partition coefficient (Wildman–Crippen LogP) is 11.3. The molecule has 8 rings (SSSR count). The van der Waals surface area contributed by atoms with Crippen molar-refractivity contribution < 1.29 is 4.74 Å². The summed E-state index contributed by atoms with van der Waals surface area (Å²) in [5.74, 6) is 2.46. The second-order valence-corrected chi connectivity index (χ2v) is 13.4. The van der Waals surface area contributed by atoms with Crippen LogP contribution >= 0.6 is 0 Å². The van der Waals surface area contributed by atoms with Gasteiger partial charge < -0.3 is 4.74 Å². The van der Waals surface area contributed by atoms with E-state index in [1.165, 1.54) is 21.9 Å². The Bertz CT molecular complexity index is 2310. The molecule has 5 nitrogen and oxygen atoms in total. The molecule has 0 N–H and O–H groups in total. The standard InChI is InChI=1S/C42H38N4O/c1-25(2)29-11-13-39-37(21-29)35-9-7-15-43-41(35)45(39)31-17-27(5)19-33(23-31)47-34-20-28(6)18-32(24-34)46-40-14-12-30(26(3)4)22-38(40)36-10-8-16-44-42(36)46/h7-26H,1-6H3. The molecule has 0 aliphatic heterocycles. The average molecular weight is 615 g/mol. The molecule has 0 aliphatic carbocycles. The number of benzene rings is 4. The van der Waals surface area contributed by atoms with E-state index in [-0.39, 0.29) is 0 Å². The highest BCUT2D eigenvalue weighted by Crippen LogP contribution is 2.37. The first kappa shape index (κ1) is 29.0. The van der Waals surface area contributed by atoms with Gasteiger partial charge in [0, 0.05) is 46.1 Å². The van der Waals surface area contributed by atoms with Gasteiger partial charge >= 0.3 is 0 Å². The molecule has 0 amide bonds. The Hall–Kier alpha value is -5.42. The molecule has 0 bridgehead atoms. The van der Waals surface area contributed by atoms with E-state index in [2.05, 4.69) is 136 Å². The van der Waals surface area contributed by atoms with Crippen molar-refractivity contribution in [1.29, 1.82) is 0 Å². The van der Waals surface area contributed by atoms with Crippen LogP contribution in [0.2, 0.25) is 0 Å². The molecule has 0 saturated heterocycles. The maximum absolute atomic E-state index is 6.70. The summed E-state index contributed by atoms with van der Waals surface area (Å²) in [6.45, 7) is 13.2. The number of hydrogen-bond acceptors (Lipinski definition) is 3.